The Bertz CT molecular complexity index is 578. The maximum atomic E-state index is 12.7. The van der Waals surface area contributed by atoms with Gasteiger partial charge in [-0.25, -0.2) is 4.90 Å². The quantitative estimate of drug-likeness (QED) is 0.809. The van der Waals surface area contributed by atoms with E-state index in [0.29, 0.717) is 5.69 Å². The minimum absolute atomic E-state index is 0.0187. The number of hydrogen-bond donors (Lipinski definition) is 1. The summed E-state index contributed by atoms with van der Waals surface area (Å²) in [6, 6.07) is 4.31. The van der Waals surface area contributed by atoms with Gasteiger partial charge in [-0.1, -0.05) is 30.9 Å². The second-order valence-corrected chi connectivity index (χ2v) is 6.09. The van der Waals surface area contributed by atoms with Crippen LogP contribution in [-0.4, -0.2) is 16.9 Å². The SMILES string of the molecule is O=C1CC2(CCCCC2)C(=O)N1c1ccc(O)cc1Cl. The number of nitrogens with zero attached hydrogens (tertiary/aromatic N) is 1. The summed E-state index contributed by atoms with van der Waals surface area (Å²) < 4.78 is 0. The Balaban J connectivity index is 1.98. The van der Waals surface area contributed by atoms with Crippen LogP contribution in [0.1, 0.15) is 38.5 Å². The summed E-state index contributed by atoms with van der Waals surface area (Å²) in [4.78, 5) is 26.2. The standard InChI is InChI=1S/C15H16ClNO3/c16-11-8-10(18)4-5-12(11)17-13(19)9-15(14(17)20)6-2-1-3-7-15/h4-5,8,18H,1-3,6-7,9H2. The van der Waals surface area contributed by atoms with Gasteiger partial charge in [0, 0.05) is 12.5 Å². The van der Waals surface area contributed by atoms with E-state index in [-0.39, 0.29) is 29.0 Å². The molecular weight excluding hydrogens is 278 g/mol. The molecule has 0 bridgehead atoms. The van der Waals surface area contributed by atoms with E-state index in [1.807, 2.05) is 0 Å². The predicted octanol–water partition coefficient (Wildman–Crippen LogP) is 3.26. The van der Waals surface area contributed by atoms with Gasteiger partial charge in [0.25, 0.3) is 0 Å². The van der Waals surface area contributed by atoms with E-state index in [2.05, 4.69) is 0 Å². The first-order valence-electron chi connectivity index (χ1n) is 6.89. The molecule has 1 saturated heterocycles. The van der Waals surface area contributed by atoms with E-state index >= 15 is 0 Å². The minimum Gasteiger partial charge on any atom is -0.508 e. The van der Waals surface area contributed by atoms with Crippen LogP contribution in [0.15, 0.2) is 18.2 Å². The second-order valence-electron chi connectivity index (χ2n) is 5.69. The summed E-state index contributed by atoms with van der Waals surface area (Å²) in [5, 5.41) is 9.60. The van der Waals surface area contributed by atoms with Gasteiger partial charge < -0.3 is 5.11 Å². The van der Waals surface area contributed by atoms with Gasteiger partial charge in [0.05, 0.1) is 16.1 Å². The van der Waals surface area contributed by atoms with Gasteiger partial charge in [-0.15, -0.1) is 0 Å². The zero-order valence-electron chi connectivity index (χ0n) is 11.1. The van der Waals surface area contributed by atoms with Crippen LogP contribution in [0.4, 0.5) is 5.69 Å². The van der Waals surface area contributed by atoms with Gasteiger partial charge in [0.15, 0.2) is 0 Å². The molecule has 4 nitrogen and oxygen atoms in total. The maximum absolute atomic E-state index is 12.7. The molecule has 0 atom stereocenters. The Hall–Kier alpha value is -1.55. The van der Waals surface area contributed by atoms with Crippen molar-refractivity contribution < 1.29 is 14.7 Å². The third kappa shape index (κ3) is 1.99. The molecule has 1 aromatic rings. The summed E-state index contributed by atoms with van der Waals surface area (Å²) in [7, 11) is 0. The molecule has 0 radical (unpaired) electrons. The first-order chi connectivity index (χ1) is 9.53. The number of carbonyl (C=O) groups is 2. The normalized spacial score (nSPS) is 21.8. The molecule has 5 heteroatoms. The molecule has 1 heterocycles. The van der Waals surface area contributed by atoms with Crippen molar-refractivity contribution in [2.75, 3.05) is 4.90 Å². The summed E-state index contributed by atoms with van der Waals surface area (Å²) in [6.07, 6.45) is 4.96. The van der Waals surface area contributed by atoms with Crippen molar-refractivity contribution in [1.82, 2.24) is 0 Å². The molecule has 1 N–H and O–H groups in total. The van der Waals surface area contributed by atoms with Crippen molar-refractivity contribution in [2.24, 2.45) is 5.41 Å². The lowest BCUT2D eigenvalue weighted by atomic mass is 9.73. The van der Waals surface area contributed by atoms with Crippen molar-refractivity contribution in [3.05, 3.63) is 23.2 Å². The monoisotopic (exact) mass is 293 g/mol. The highest BCUT2D eigenvalue weighted by Gasteiger charge is 2.52. The van der Waals surface area contributed by atoms with Crippen LogP contribution in [0.2, 0.25) is 5.02 Å². The number of amides is 2. The van der Waals surface area contributed by atoms with Gasteiger partial charge in [-0.3, -0.25) is 9.59 Å². The Morgan fingerprint density at radius 2 is 1.85 bits per heavy atom. The van der Waals surface area contributed by atoms with Crippen LogP contribution < -0.4 is 4.90 Å². The Morgan fingerprint density at radius 3 is 2.50 bits per heavy atom. The van der Waals surface area contributed by atoms with Crippen molar-refractivity contribution >= 4 is 29.1 Å². The van der Waals surface area contributed by atoms with E-state index < -0.39 is 5.41 Å². The number of hydrogen-bond acceptors (Lipinski definition) is 3. The first-order valence-corrected chi connectivity index (χ1v) is 7.27. The summed E-state index contributed by atoms with van der Waals surface area (Å²) in [5.74, 6) is -0.301. The average Bonchev–Trinajstić information content (AvgIpc) is 2.63. The molecule has 1 spiro atoms. The first kappa shape index (κ1) is 13.4. The smallest absolute Gasteiger partial charge is 0.240 e. The Labute approximate surface area is 122 Å². The zero-order valence-corrected chi connectivity index (χ0v) is 11.8. The zero-order chi connectivity index (χ0) is 14.3. The van der Waals surface area contributed by atoms with Crippen LogP contribution in [0, 0.1) is 5.41 Å². The lowest BCUT2D eigenvalue weighted by molar-refractivity contribution is -0.127. The van der Waals surface area contributed by atoms with Gasteiger partial charge >= 0.3 is 0 Å². The van der Waals surface area contributed by atoms with Crippen molar-refractivity contribution in [3.63, 3.8) is 0 Å². The van der Waals surface area contributed by atoms with E-state index in [1.165, 1.54) is 23.1 Å². The Morgan fingerprint density at radius 1 is 1.15 bits per heavy atom. The molecule has 3 rings (SSSR count). The number of phenolic OH excluding ortho intramolecular Hbond substituents is 1. The third-order valence-corrected chi connectivity index (χ3v) is 4.68. The van der Waals surface area contributed by atoms with E-state index in [9.17, 15) is 14.7 Å². The van der Waals surface area contributed by atoms with Crippen LogP contribution in [0.25, 0.3) is 0 Å². The molecule has 0 aromatic heterocycles. The van der Waals surface area contributed by atoms with Crippen LogP contribution in [-0.2, 0) is 9.59 Å². The molecule has 2 fully saturated rings. The molecule has 106 valence electrons. The number of anilines is 1. The van der Waals surface area contributed by atoms with Crippen molar-refractivity contribution in [2.45, 2.75) is 38.5 Å². The van der Waals surface area contributed by atoms with Crippen LogP contribution in [0.5, 0.6) is 5.75 Å². The fourth-order valence-corrected chi connectivity index (χ4v) is 3.59. The fraction of sp³-hybridized carbons (Fsp3) is 0.467. The second kappa shape index (κ2) is 4.77. The molecule has 2 aliphatic rings. The number of aromatic hydroxyl groups is 1. The highest BCUT2D eigenvalue weighted by molar-refractivity contribution is 6.36. The molecule has 0 unspecified atom stereocenters. The van der Waals surface area contributed by atoms with E-state index in [4.69, 9.17) is 11.6 Å². The summed E-state index contributed by atoms with van der Waals surface area (Å²) in [6.45, 7) is 0. The largest absolute Gasteiger partial charge is 0.508 e. The molecular formula is C15H16ClNO3. The topological polar surface area (TPSA) is 57.6 Å². The molecule has 1 aliphatic heterocycles. The van der Waals surface area contributed by atoms with Crippen LogP contribution in [0.3, 0.4) is 0 Å². The summed E-state index contributed by atoms with van der Waals surface area (Å²) in [5.41, 5.74) is -0.141. The molecule has 20 heavy (non-hydrogen) atoms. The third-order valence-electron chi connectivity index (χ3n) is 4.38. The number of phenols is 1. The number of benzene rings is 1. The van der Waals surface area contributed by atoms with Gasteiger partial charge in [0.1, 0.15) is 5.75 Å². The molecule has 1 aliphatic carbocycles. The number of imide groups is 1. The average molecular weight is 294 g/mol. The van der Waals surface area contributed by atoms with Gasteiger partial charge in [-0.2, -0.15) is 0 Å². The van der Waals surface area contributed by atoms with E-state index in [1.54, 1.807) is 0 Å². The predicted molar refractivity (Wildman–Crippen MR) is 75.7 cm³/mol. The highest BCUT2D eigenvalue weighted by Crippen LogP contribution is 2.47. The van der Waals surface area contributed by atoms with Gasteiger partial charge in [0.2, 0.25) is 11.8 Å². The van der Waals surface area contributed by atoms with Crippen LogP contribution >= 0.6 is 11.6 Å². The number of halogens is 1. The van der Waals surface area contributed by atoms with E-state index in [0.717, 1.165) is 32.1 Å². The maximum Gasteiger partial charge on any atom is 0.240 e. The fourth-order valence-electron chi connectivity index (χ4n) is 3.33. The van der Waals surface area contributed by atoms with Gasteiger partial charge in [-0.05, 0) is 25.0 Å². The lowest BCUT2D eigenvalue weighted by Gasteiger charge is -2.30. The van der Waals surface area contributed by atoms with Crippen molar-refractivity contribution in [3.8, 4) is 5.75 Å². The molecule has 1 saturated carbocycles. The Kier molecular flexibility index (Phi) is 3.21. The lowest BCUT2D eigenvalue weighted by Crippen LogP contribution is -2.37. The molecule has 2 amide bonds. The number of carbonyl (C=O) groups excluding carboxylic acids is 2. The molecule has 1 aromatic carbocycles. The minimum atomic E-state index is -0.517. The number of rotatable bonds is 1. The highest BCUT2D eigenvalue weighted by atomic mass is 35.5. The summed E-state index contributed by atoms with van der Waals surface area (Å²) >= 11 is 6.06. The van der Waals surface area contributed by atoms with Crippen molar-refractivity contribution in [1.29, 1.82) is 0 Å².